The van der Waals surface area contributed by atoms with Crippen LogP contribution in [0.2, 0.25) is 0 Å². The highest BCUT2D eigenvalue weighted by molar-refractivity contribution is 9.10. The summed E-state index contributed by atoms with van der Waals surface area (Å²) in [6, 6.07) is 1.75. The Morgan fingerprint density at radius 3 is 2.40 bits per heavy atom. The minimum absolute atomic E-state index is 0.134. The third-order valence-corrected chi connectivity index (χ3v) is 2.47. The van der Waals surface area contributed by atoms with Gasteiger partial charge in [0.15, 0.2) is 0 Å². The first kappa shape index (κ1) is 12.4. The zero-order chi connectivity index (χ0) is 11.6. The Morgan fingerprint density at radius 2 is 1.93 bits per heavy atom. The van der Waals surface area contributed by atoms with E-state index in [0.29, 0.717) is 5.56 Å². The van der Waals surface area contributed by atoms with Crippen LogP contribution in [-0.2, 0) is 6.42 Å². The predicted octanol–water partition coefficient (Wildman–Crippen LogP) is 3.02. The standard InChI is InChI=1S/C9H8BrF4N/c10-6-3-5(1-2-7(6)11)4-8(15)9(12,13)14/h1-3,8H,4,15H2. The van der Waals surface area contributed by atoms with Gasteiger partial charge in [-0.05, 0) is 40.0 Å². The number of nitrogens with two attached hydrogens (primary N) is 1. The maximum atomic E-state index is 12.8. The largest absolute Gasteiger partial charge is 0.403 e. The fourth-order valence-corrected chi connectivity index (χ4v) is 1.46. The van der Waals surface area contributed by atoms with Gasteiger partial charge in [-0.15, -0.1) is 0 Å². The van der Waals surface area contributed by atoms with Gasteiger partial charge in [0.05, 0.1) is 4.47 Å². The lowest BCUT2D eigenvalue weighted by Gasteiger charge is -2.15. The van der Waals surface area contributed by atoms with Gasteiger partial charge in [0, 0.05) is 0 Å². The Kier molecular flexibility index (Phi) is 3.72. The first-order valence-corrected chi connectivity index (χ1v) is 4.86. The van der Waals surface area contributed by atoms with Crippen molar-refractivity contribution in [1.29, 1.82) is 0 Å². The average molecular weight is 286 g/mol. The maximum Gasteiger partial charge on any atom is 0.403 e. The van der Waals surface area contributed by atoms with E-state index in [9.17, 15) is 17.6 Å². The molecule has 0 aromatic heterocycles. The van der Waals surface area contributed by atoms with Crippen LogP contribution in [0.5, 0.6) is 0 Å². The average Bonchev–Trinajstić information content (AvgIpc) is 2.10. The number of benzene rings is 1. The molecule has 1 atom stereocenters. The molecule has 15 heavy (non-hydrogen) atoms. The molecule has 0 aliphatic carbocycles. The van der Waals surface area contributed by atoms with Crippen LogP contribution >= 0.6 is 15.9 Å². The Morgan fingerprint density at radius 1 is 1.33 bits per heavy atom. The van der Waals surface area contributed by atoms with Gasteiger partial charge in [0.25, 0.3) is 0 Å². The fraction of sp³-hybridized carbons (Fsp3) is 0.333. The Labute approximate surface area is 92.4 Å². The molecule has 0 aliphatic rings. The van der Waals surface area contributed by atoms with Crippen molar-refractivity contribution in [2.45, 2.75) is 18.6 Å². The number of hydrogen-bond acceptors (Lipinski definition) is 1. The van der Waals surface area contributed by atoms with E-state index in [2.05, 4.69) is 15.9 Å². The highest BCUT2D eigenvalue weighted by Gasteiger charge is 2.36. The van der Waals surface area contributed by atoms with E-state index in [-0.39, 0.29) is 10.9 Å². The van der Waals surface area contributed by atoms with Crippen LogP contribution in [0.3, 0.4) is 0 Å². The summed E-state index contributed by atoms with van der Waals surface area (Å²) in [5.74, 6) is -0.515. The van der Waals surface area contributed by atoms with Crippen LogP contribution in [0.25, 0.3) is 0 Å². The van der Waals surface area contributed by atoms with Crippen LogP contribution in [0.4, 0.5) is 17.6 Å². The first-order valence-electron chi connectivity index (χ1n) is 4.07. The number of alkyl halides is 3. The summed E-state index contributed by atoms with van der Waals surface area (Å²) in [6.45, 7) is 0. The number of rotatable bonds is 2. The van der Waals surface area contributed by atoms with Gasteiger partial charge >= 0.3 is 6.18 Å². The van der Waals surface area contributed by atoms with E-state index < -0.39 is 18.0 Å². The molecule has 0 aliphatic heterocycles. The molecule has 0 saturated heterocycles. The minimum Gasteiger partial charge on any atom is -0.320 e. The van der Waals surface area contributed by atoms with E-state index >= 15 is 0 Å². The topological polar surface area (TPSA) is 26.0 Å². The maximum absolute atomic E-state index is 12.8. The fourth-order valence-electron chi connectivity index (χ4n) is 1.04. The number of hydrogen-bond donors (Lipinski definition) is 1. The van der Waals surface area contributed by atoms with Gasteiger partial charge in [0.2, 0.25) is 0 Å². The zero-order valence-corrected chi connectivity index (χ0v) is 9.07. The molecule has 84 valence electrons. The smallest absolute Gasteiger partial charge is 0.320 e. The lowest BCUT2D eigenvalue weighted by atomic mass is 10.1. The van der Waals surface area contributed by atoms with Gasteiger partial charge in [-0.2, -0.15) is 13.2 Å². The highest BCUT2D eigenvalue weighted by Crippen LogP contribution is 2.23. The molecular weight excluding hydrogens is 278 g/mol. The van der Waals surface area contributed by atoms with Crippen LogP contribution < -0.4 is 5.73 Å². The Balaban J connectivity index is 2.78. The normalized spacial score (nSPS) is 14.0. The summed E-state index contributed by atoms with van der Waals surface area (Å²) in [5, 5.41) is 0. The molecule has 1 unspecified atom stereocenters. The summed E-state index contributed by atoms with van der Waals surface area (Å²) >= 11 is 2.89. The van der Waals surface area contributed by atoms with Gasteiger partial charge in [0.1, 0.15) is 11.9 Å². The van der Waals surface area contributed by atoms with E-state index in [1.54, 1.807) is 0 Å². The van der Waals surface area contributed by atoms with Gasteiger partial charge in [-0.1, -0.05) is 6.07 Å². The molecule has 1 aromatic rings. The van der Waals surface area contributed by atoms with Crippen molar-refractivity contribution in [2.75, 3.05) is 0 Å². The second kappa shape index (κ2) is 4.49. The molecular formula is C9H8BrF4N. The van der Waals surface area contributed by atoms with Crippen LogP contribution in [-0.4, -0.2) is 12.2 Å². The van der Waals surface area contributed by atoms with Crippen molar-refractivity contribution < 1.29 is 17.6 Å². The summed E-state index contributed by atoms with van der Waals surface area (Å²) < 4.78 is 49.2. The summed E-state index contributed by atoms with van der Waals surface area (Å²) in [4.78, 5) is 0. The molecule has 0 heterocycles. The van der Waals surface area contributed by atoms with Crippen LogP contribution in [0, 0.1) is 5.82 Å². The number of halogens is 5. The van der Waals surface area contributed by atoms with E-state index in [1.165, 1.54) is 12.1 Å². The lowest BCUT2D eigenvalue weighted by molar-refractivity contribution is -0.147. The molecule has 1 nitrogen and oxygen atoms in total. The molecule has 1 aromatic carbocycles. The third kappa shape index (κ3) is 3.46. The van der Waals surface area contributed by atoms with E-state index in [4.69, 9.17) is 5.73 Å². The highest BCUT2D eigenvalue weighted by atomic mass is 79.9. The summed E-state index contributed by atoms with van der Waals surface area (Å²) in [7, 11) is 0. The van der Waals surface area contributed by atoms with E-state index in [0.717, 1.165) is 6.07 Å². The predicted molar refractivity (Wildman–Crippen MR) is 51.8 cm³/mol. The van der Waals surface area contributed by atoms with Gasteiger partial charge in [-0.3, -0.25) is 0 Å². The first-order chi connectivity index (χ1) is 6.80. The molecule has 0 bridgehead atoms. The summed E-state index contributed by atoms with van der Waals surface area (Å²) in [6.07, 6.45) is -4.79. The van der Waals surface area contributed by atoms with Crippen molar-refractivity contribution in [3.63, 3.8) is 0 Å². The molecule has 0 radical (unpaired) electrons. The minimum atomic E-state index is -4.43. The molecule has 0 saturated carbocycles. The molecule has 0 spiro atoms. The van der Waals surface area contributed by atoms with Crippen molar-refractivity contribution in [3.05, 3.63) is 34.1 Å². The molecule has 0 fully saturated rings. The van der Waals surface area contributed by atoms with Gasteiger partial charge in [-0.25, -0.2) is 4.39 Å². The van der Waals surface area contributed by atoms with Crippen molar-refractivity contribution in [2.24, 2.45) is 5.73 Å². The molecule has 2 N–H and O–H groups in total. The Bertz CT molecular complexity index is 350. The van der Waals surface area contributed by atoms with Crippen LogP contribution in [0.15, 0.2) is 22.7 Å². The van der Waals surface area contributed by atoms with Crippen molar-refractivity contribution in [1.82, 2.24) is 0 Å². The van der Waals surface area contributed by atoms with Crippen molar-refractivity contribution in [3.8, 4) is 0 Å². The summed E-state index contributed by atoms with van der Waals surface area (Å²) in [5.41, 5.74) is 5.28. The molecule has 1 rings (SSSR count). The monoisotopic (exact) mass is 285 g/mol. The SMILES string of the molecule is NC(Cc1ccc(F)c(Br)c1)C(F)(F)F. The van der Waals surface area contributed by atoms with E-state index in [1.807, 2.05) is 0 Å². The second-order valence-corrected chi connectivity index (χ2v) is 3.96. The third-order valence-electron chi connectivity index (χ3n) is 1.86. The quantitative estimate of drug-likeness (QED) is 0.831. The van der Waals surface area contributed by atoms with Crippen molar-refractivity contribution >= 4 is 15.9 Å². The zero-order valence-electron chi connectivity index (χ0n) is 7.48. The van der Waals surface area contributed by atoms with Gasteiger partial charge < -0.3 is 5.73 Å². The second-order valence-electron chi connectivity index (χ2n) is 3.10. The Hall–Kier alpha value is -0.620. The van der Waals surface area contributed by atoms with Crippen LogP contribution in [0.1, 0.15) is 5.56 Å². The molecule has 6 heteroatoms. The lowest BCUT2D eigenvalue weighted by Crippen LogP contribution is -2.39. The molecule has 0 amide bonds.